The molecule has 15 heteroatoms. The Balaban J connectivity index is 1.80. The van der Waals surface area contributed by atoms with Crippen LogP contribution in [0.1, 0.15) is 112 Å². The van der Waals surface area contributed by atoms with Crippen molar-refractivity contribution >= 4 is 47.1 Å². The molecule has 2 aliphatic rings. The maximum atomic E-state index is 14.8. The Morgan fingerprint density at radius 1 is 0.742 bits per heavy atom. The zero-order valence-electron chi connectivity index (χ0n) is 40.5. The quantitative estimate of drug-likeness (QED) is 0.194. The van der Waals surface area contributed by atoms with Gasteiger partial charge in [0.1, 0.15) is 30.5 Å². The van der Waals surface area contributed by atoms with Crippen molar-refractivity contribution in [2.24, 2.45) is 35.5 Å². The van der Waals surface area contributed by atoms with Gasteiger partial charge in [-0.25, -0.2) is 4.79 Å². The summed E-state index contributed by atoms with van der Waals surface area (Å²) >= 11 is 0. The lowest BCUT2D eigenvalue weighted by Gasteiger charge is -2.43. The summed E-state index contributed by atoms with van der Waals surface area (Å²) in [4.78, 5) is 117. The fraction of sp³-hybridized carbons (Fsp3) is 0.608. The Labute approximate surface area is 390 Å². The van der Waals surface area contributed by atoms with Crippen LogP contribution in [0.3, 0.4) is 0 Å². The van der Waals surface area contributed by atoms with E-state index >= 15 is 0 Å². The number of ketones is 2. The van der Waals surface area contributed by atoms with Crippen molar-refractivity contribution in [1.29, 1.82) is 0 Å². The first-order chi connectivity index (χ1) is 31.1. The smallest absolute Gasteiger partial charge is 0.329 e. The first-order valence-corrected chi connectivity index (χ1v) is 23.6. The number of cyclic esters (lactones) is 1. The van der Waals surface area contributed by atoms with Crippen LogP contribution in [0.2, 0.25) is 0 Å². The van der Waals surface area contributed by atoms with Crippen LogP contribution in [0.25, 0.3) is 0 Å². The average molecular weight is 916 g/mol. The van der Waals surface area contributed by atoms with Gasteiger partial charge in [-0.05, 0) is 67.4 Å². The number of aliphatic hydroxyl groups is 1. The third kappa shape index (κ3) is 14.3. The van der Waals surface area contributed by atoms with Crippen molar-refractivity contribution in [3.05, 3.63) is 71.8 Å². The molecule has 15 nitrogen and oxygen atoms in total. The number of rotatable bonds is 14. The zero-order valence-corrected chi connectivity index (χ0v) is 40.5. The summed E-state index contributed by atoms with van der Waals surface area (Å²) in [6.45, 7) is 15.6. The number of hydrogen-bond donors (Lipinski definition) is 4. The second-order valence-corrected chi connectivity index (χ2v) is 19.6. The standard InChI is InChI=1S/C51H73N5O10/c1-29(2)25-39-50(64)55(10)38(26-35-19-15-12-16-20-35)48(62)54-45(31(5)6)51(65)66-46(32(7)8)37(28-40(57)33(9)52-42(59)23-21-34-17-13-11-14-18-34)47(61)53-44(30(3)4)41(58)27-36-22-24-43(60)56(39)49(36)63/h11-20,29-33,36-39,43-46,60H,21-28H2,1-10H3,(H,52,59)(H,53,61)(H,54,62)/t33-,36+,37-,38-,39-,43+,44-,45-,46+/m0/s1. The Morgan fingerprint density at radius 3 is 1.88 bits per heavy atom. The van der Waals surface area contributed by atoms with E-state index < -0.39 is 120 Å². The van der Waals surface area contributed by atoms with Gasteiger partial charge in [-0.15, -0.1) is 0 Å². The number of piperidine rings is 1. The molecule has 2 heterocycles. The number of nitrogens with zero attached hydrogens (tertiary/aromatic N) is 2. The van der Waals surface area contributed by atoms with Crippen LogP contribution in [0.15, 0.2) is 60.7 Å². The van der Waals surface area contributed by atoms with Gasteiger partial charge in [0.25, 0.3) is 0 Å². The van der Waals surface area contributed by atoms with Crippen LogP contribution in [0.5, 0.6) is 0 Å². The van der Waals surface area contributed by atoms with Crippen molar-refractivity contribution in [3.63, 3.8) is 0 Å². The molecule has 4 N–H and O–H groups in total. The van der Waals surface area contributed by atoms with Gasteiger partial charge in [0, 0.05) is 38.6 Å². The highest BCUT2D eigenvalue weighted by atomic mass is 16.5. The lowest BCUT2D eigenvalue weighted by molar-refractivity contribution is -0.168. The van der Waals surface area contributed by atoms with E-state index in [1.807, 2.05) is 50.2 Å². The molecular formula is C51H73N5O10. The van der Waals surface area contributed by atoms with E-state index in [9.17, 15) is 43.5 Å². The van der Waals surface area contributed by atoms with Gasteiger partial charge in [-0.3, -0.25) is 33.6 Å². The fourth-order valence-electron chi connectivity index (χ4n) is 8.87. The largest absolute Gasteiger partial charge is 0.460 e. The number of likely N-dealkylation sites (N-methyl/N-ethyl adjacent to an activating group) is 1. The highest BCUT2D eigenvalue weighted by Crippen LogP contribution is 2.32. The van der Waals surface area contributed by atoms with Gasteiger partial charge in [0.15, 0.2) is 11.6 Å². The molecule has 4 rings (SSSR count). The number of amides is 5. The topological polar surface area (TPSA) is 209 Å². The van der Waals surface area contributed by atoms with Gasteiger partial charge in [-0.1, -0.05) is 116 Å². The third-order valence-corrected chi connectivity index (χ3v) is 12.8. The summed E-state index contributed by atoms with van der Waals surface area (Å²) in [5.74, 6) is -8.85. The van der Waals surface area contributed by atoms with Crippen LogP contribution >= 0.6 is 0 Å². The third-order valence-electron chi connectivity index (χ3n) is 12.8. The first-order valence-electron chi connectivity index (χ1n) is 23.6. The lowest BCUT2D eigenvalue weighted by Crippen LogP contribution is -2.61. The predicted molar refractivity (Wildman–Crippen MR) is 249 cm³/mol. The number of esters is 1. The van der Waals surface area contributed by atoms with Gasteiger partial charge in [-0.2, -0.15) is 0 Å². The normalized spacial score (nSPS) is 25.8. The number of aliphatic hydroxyl groups excluding tert-OH is 1. The zero-order chi connectivity index (χ0) is 49.0. The lowest BCUT2D eigenvalue weighted by atomic mass is 9.84. The number of carbonyl (C=O) groups excluding carboxylic acids is 8. The molecule has 2 saturated heterocycles. The SMILES string of the molecule is CC(C)C[C@H]1C(=O)N(C)[C@@H](Cc2ccccc2)C(=O)N[C@@H](C(C)C)C(=O)O[C@H](C(C)C)[C@H](CC(=O)[C@H](C)NC(=O)CCc2ccccc2)C(=O)N[C@@H](C(C)C)C(=O)C[C@H]2CC[C@@H](O)N1C2=O. The summed E-state index contributed by atoms with van der Waals surface area (Å²) < 4.78 is 6.20. The van der Waals surface area contributed by atoms with Crippen LogP contribution < -0.4 is 16.0 Å². The molecule has 2 bridgehead atoms. The molecule has 2 fully saturated rings. The Morgan fingerprint density at radius 2 is 1.32 bits per heavy atom. The molecule has 0 radical (unpaired) electrons. The van der Waals surface area contributed by atoms with E-state index in [1.54, 1.807) is 65.8 Å². The Bertz CT molecular complexity index is 2010. The summed E-state index contributed by atoms with van der Waals surface area (Å²) in [6, 6.07) is 12.6. The number of benzene rings is 2. The van der Waals surface area contributed by atoms with Gasteiger partial charge < -0.3 is 35.6 Å². The monoisotopic (exact) mass is 916 g/mol. The maximum Gasteiger partial charge on any atom is 0.329 e. The van der Waals surface area contributed by atoms with E-state index in [0.717, 1.165) is 10.5 Å². The van der Waals surface area contributed by atoms with Crippen molar-refractivity contribution in [2.45, 2.75) is 156 Å². The minimum Gasteiger partial charge on any atom is -0.460 e. The molecule has 0 unspecified atom stereocenters. The average Bonchev–Trinajstić information content (AvgIpc) is 3.26. The predicted octanol–water partition coefficient (Wildman–Crippen LogP) is 4.56. The van der Waals surface area contributed by atoms with E-state index in [-0.39, 0.29) is 50.4 Å². The number of fused-ring (bicyclic) bond motifs is 2. The Hall–Kier alpha value is -5.44. The van der Waals surface area contributed by atoms with Crippen LogP contribution in [-0.2, 0) is 55.9 Å². The number of aryl methyl sites for hydroxylation is 1. The van der Waals surface area contributed by atoms with Gasteiger partial charge >= 0.3 is 5.97 Å². The van der Waals surface area contributed by atoms with Crippen LogP contribution in [0, 0.1) is 35.5 Å². The molecule has 0 saturated carbocycles. The second-order valence-electron chi connectivity index (χ2n) is 19.6. The summed E-state index contributed by atoms with van der Waals surface area (Å²) in [6.07, 6.45) is -2.40. The molecule has 2 aliphatic heterocycles. The summed E-state index contributed by atoms with van der Waals surface area (Å²) in [5, 5.41) is 19.8. The second kappa shape index (κ2) is 24.4. The Kier molecular flexibility index (Phi) is 19.6. The highest BCUT2D eigenvalue weighted by molar-refractivity contribution is 5.98. The molecule has 66 heavy (non-hydrogen) atoms. The minimum atomic E-state index is -1.35. The molecule has 5 amide bonds. The molecule has 0 spiro atoms. The van der Waals surface area contributed by atoms with E-state index in [1.165, 1.54) is 18.9 Å². The fourth-order valence-corrected chi connectivity index (χ4v) is 8.87. The van der Waals surface area contributed by atoms with Crippen molar-refractivity contribution < 1.29 is 48.2 Å². The van der Waals surface area contributed by atoms with Crippen LogP contribution in [0.4, 0.5) is 0 Å². The van der Waals surface area contributed by atoms with Crippen molar-refractivity contribution in [1.82, 2.24) is 25.8 Å². The van der Waals surface area contributed by atoms with E-state index in [4.69, 9.17) is 4.74 Å². The van der Waals surface area contributed by atoms with Crippen molar-refractivity contribution in [3.8, 4) is 0 Å². The molecular weight excluding hydrogens is 843 g/mol. The first kappa shape index (κ1) is 53.2. The summed E-state index contributed by atoms with van der Waals surface area (Å²) in [7, 11) is 1.46. The number of carbonyl (C=O) groups is 8. The maximum absolute atomic E-state index is 14.8. The van der Waals surface area contributed by atoms with Gasteiger partial charge in [0.05, 0.1) is 18.0 Å². The van der Waals surface area contributed by atoms with Gasteiger partial charge in [0.2, 0.25) is 29.5 Å². The number of Topliss-reactive ketones (excluding diaryl/α,β-unsaturated/α-hetero) is 2. The van der Waals surface area contributed by atoms with Crippen molar-refractivity contribution in [2.75, 3.05) is 7.05 Å². The molecule has 9 atom stereocenters. The van der Waals surface area contributed by atoms with Crippen LogP contribution in [-0.4, -0.2) is 112 Å². The number of nitrogens with one attached hydrogen (secondary N) is 3. The highest BCUT2D eigenvalue weighted by Gasteiger charge is 2.46. The number of hydrogen-bond acceptors (Lipinski definition) is 10. The van der Waals surface area contributed by atoms with E-state index in [0.29, 0.717) is 12.0 Å². The van der Waals surface area contributed by atoms with E-state index in [2.05, 4.69) is 16.0 Å². The molecule has 0 aromatic heterocycles. The molecule has 2 aromatic rings. The minimum absolute atomic E-state index is 0.0351. The number of ether oxygens (including phenoxy) is 1. The molecule has 2 aromatic carbocycles. The molecule has 0 aliphatic carbocycles. The molecule has 362 valence electrons. The summed E-state index contributed by atoms with van der Waals surface area (Å²) in [5.41, 5.74) is 1.67.